The van der Waals surface area contributed by atoms with Crippen LogP contribution in [0.3, 0.4) is 0 Å². The van der Waals surface area contributed by atoms with Gasteiger partial charge in [-0.15, -0.1) is 0 Å². The third-order valence-corrected chi connectivity index (χ3v) is 11.4. The van der Waals surface area contributed by atoms with E-state index in [1.54, 1.807) is 26.8 Å². The maximum absolute atomic E-state index is 15.2. The van der Waals surface area contributed by atoms with Gasteiger partial charge in [0.25, 0.3) is 5.91 Å². The van der Waals surface area contributed by atoms with Crippen molar-refractivity contribution in [1.82, 2.24) is 29.5 Å². The maximum atomic E-state index is 15.2. The summed E-state index contributed by atoms with van der Waals surface area (Å²) in [6, 6.07) is 1.44. The molecule has 5 rings (SSSR count). The van der Waals surface area contributed by atoms with E-state index in [0.29, 0.717) is 11.1 Å². The van der Waals surface area contributed by atoms with Crippen LogP contribution in [0.25, 0.3) is 0 Å². The first kappa shape index (κ1) is 40.1. The Morgan fingerprint density at radius 3 is 2.43 bits per heavy atom. The van der Waals surface area contributed by atoms with E-state index in [1.165, 1.54) is 31.1 Å². The molecule has 19 heteroatoms. The van der Waals surface area contributed by atoms with E-state index in [0.717, 1.165) is 9.21 Å². The van der Waals surface area contributed by atoms with Crippen molar-refractivity contribution < 1.29 is 55.0 Å². The van der Waals surface area contributed by atoms with Crippen LogP contribution >= 0.6 is 0 Å². The molecule has 53 heavy (non-hydrogen) atoms. The second kappa shape index (κ2) is 14.9. The molecule has 3 heterocycles. The van der Waals surface area contributed by atoms with Crippen LogP contribution in [0, 0.1) is 11.7 Å². The van der Waals surface area contributed by atoms with Crippen LogP contribution < -0.4 is 15.4 Å². The summed E-state index contributed by atoms with van der Waals surface area (Å²) in [5, 5.41) is 5.03. The summed E-state index contributed by atoms with van der Waals surface area (Å²) < 4.78 is 83.7. The molecule has 3 aliphatic heterocycles. The summed E-state index contributed by atoms with van der Waals surface area (Å²) in [6.07, 6.45) is -4.65. The van der Waals surface area contributed by atoms with Crippen molar-refractivity contribution in [2.24, 2.45) is 5.92 Å². The standard InChI is InChI=1S/C34H47F3N6O9S/c1-32(2,3)52-30(47)38-25-12-14-33(36,37)13-7-6-10-21-16-34(21,29(46)40-53(49,50)41(4)5)39-27(44)26-15-22(18-43(26)28(25)45)51-31(48)42-17-20-9-8-11-24(35)23(20)19-42/h8-9,11,21-22,25-26H,6-7,10,12-19H2,1-5H3,(H,38,47)(H,39,44)(H,40,46)/t21-,22+,25-,26-,34+/m0/s1. The van der Waals surface area contributed by atoms with Gasteiger partial charge in [-0.05, 0) is 64.0 Å². The predicted octanol–water partition coefficient (Wildman–Crippen LogP) is 2.93. The topological polar surface area (TPSA) is 184 Å². The van der Waals surface area contributed by atoms with E-state index in [2.05, 4.69) is 10.6 Å². The van der Waals surface area contributed by atoms with Gasteiger partial charge < -0.3 is 25.0 Å². The van der Waals surface area contributed by atoms with Gasteiger partial charge in [0.15, 0.2) is 0 Å². The predicted molar refractivity (Wildman–Crippen MR) is 182 cm³/mol. The number of ether oxygens (including phenoxy) is 2. The minimum atomic E-state index is -4.29. The van der Waals surface area contributed by atoms with Crippen LogP contribution in [0.5, 0.6) is 0 Å². The molecule has 3 N–H and O–H groups in total. The number of alkyl carbamates (subject to hydrolysis) is 1. The number of hydrogen-bond acceptors (Lipinski definition) is 9. The van der Waals surface area contributed by atoms with E-state index in [9.17, 15) is 36.8 Å². The van der Waals surface area contributed by atoms with Crippen molar-refractivity contribution in [3.8, 4) is 0 Å². The highest BCUT2D eigenvalue weighted by atomic mass is 32.2. The van der Waals surface area contributed by atoms with Gasteiger partial charge in [0.05, 0.1) is 13.1 Å². The fourth-order valence-corrected chi connectivity index (χ4v) is 7.63. The minimum Gasteiger partial charge on any atom is -0.444 e. The van der Waals surface area contributed by atoms with Gasteiger partial charge in [-0.2, -0.15) is 12.7 Å². The van der Waals surface area contributed by atoms with E-state index in [1.807, 2.05) is 4.72 Å². The monoisotopic (exact) mass is 772 g/mol. The number of carbonyl (C=O) groups excluding carboxylic acids is 5. The Bertz CT molecular complexity index is 1740. The van der Waals surface area contributed by atoms with E-state index < -0.39 is 113 Å². The molecule has 5 atom stereocenters. The molecule has 0 spiro atoms. The van der Waals surface area contributed by atoms with Crippen LogP contribution in [-0.2, 0) is 47.2 Å². The highest BCUT2D eigenvalue weighted by molar-refractivity contribution is 7.87. The second-order valence-corrected chi connectivity index (χ2v) is 17.3. The fraction of sp³-hybridized carbons (Fsp3) is 0.676. The number of carbonyl (C=O) groups is 5. The number of benzene rings is 1. The Morgan fingerprint density at radius 2 is 1.77 bits per heavy atom. The SMILES string of the molecule is CN(C)S(=O)(=O)NC(=O)[C@@]12C[C@@H]1CCCCC(F)(F)CC[C@H](NC(=O)OC(C)(C)C)C(=O)N1C[C@H](OC(=O)N3Cc4cccc(F)c4C3)C[C@H]1C(=O)N2. The lowest BCUT2D eigenvalue weighted by Gasteiger charge is -2.31. The molecule has 294 valence electrons. The van der Waals surface area contributed by atoms with Crippen molar-refractivity contribution in [3.63, 3.8) is 0 Å². The molecule has 5 amide bonds. The first-order valence-corrected chi connectivity index (χ1v) is 19.0. The van der Waals surface area contributed by atoms with Crippen LogP contribution in [0.2, 0.25) is 0 Å². The first-order chi connectivity index (χ1) is 24.6. The first-order valence-electron chi connectivity index (χ1n) is 17.6. The number of fused-ring (bicyclic) bond motifs is 3. The zero-order chi connectivity index (χ0) is 39.1. The highest BCUT2D eigenvalue weighted by Gasteiger charge is 2.62. The largest absolute Gasteiger partial charge is 0.444 e. The van der Waals surface area contributed by atoms with Gasteiger partial charge in [0.1, 0.15) is 35.1 Å². The number of nitrogens with zero attached hydrogens (tertiary/aromatic N) is 3. The molecule has 1 aromatic rings. The molecular weight excluding hydrogens is 725 g/mol. The lowest BCUT2D eigenvalue weighted by Crippen LogP contribution is -2.59. The van der Waals surface area contributed by atoms with Gasteiger partial charge in [0.2, 0.25) is 17.7 Å². The maximum Gasteiger partial charge on any atom is 0.410 e. The highest BCUT2D eigenvalue weighted by Crippen LogP contribution is 2.48. The molecule has 0 aromatic heterocycles. The molecule has 2 saturated heterocycles. The summed E-state index contributed by atoms with van der Waals surface area (Å²) in [4.78, 5) is 70.3. The van der Waals surface area contributed by atoms with Crippen LogP contribution in [0.1, 0.15) is 83.3 Å². The van der Waals surface area contributed by atoms with Gasteiger partial charge in [-0.1, -0.05) is 18.6 Å². The lowest BCUT2D eigenvalue weighted by atomic mass is 10.00. The quantitative estimate of drug-likeness (QED) is 0.405. The molecule has 1 aromatic carbocycles. The summed E-state index contributed by atoms with van der Waals surface area (Å²) >= 11 is 0. The smallest absolute Gasteiger partial charge is 0.410 e. The average Bonchev–Trinajstić information content (AvgIpc) is 3.35. The summed E-state index contributed by atoms with van der Waals surface area (Å²) in [7, 11) is -1.88. The molecule has 3 fully saturated rings. The Balaban J connectivity index is 1.44. The second-order valence-electron chi connectivity index (χ2n) is 15.4. The summed E-state index contributed by atoms with van der Waals surface area (Å²) in [5.41, 5.74) is -1.82. The molecule has 1 saturated carbocycles. The van der Waals surface area contributed by atoms with Crippen molar-refractivity contribution in [2.45, 2.75) is 120 Å². The van der Waals surface area contributed by atoms with Gasteiger partial charge in [-0.3, -0.25) is 19.3 Å². The van der Waals surface area contributed by atoms with Crippen LogP contribution in [0.4, 0.5) is 22.8 Å². The fourth-order valence-electron chi connectivity index (χ4n) is 7.03. The number of halogens is 3. The Morgan fingerprint density at radius 1 is 1.06 bits per heavy atom. The normalized spacial score (nSPS) is 27.7. The van der Waals surface area contributed by atoms with Crippen molar-refractivity contribution >= 4 is 40.1 Å². The summed E-state index contributed by atoms with van der Waals surface area (Å²) in [5.74, 6) is -7.16. The van der Waals surface area contributed by atoms with E-state index in [4.69, 9.17) is 9.47 Å². The third kappa shape index (κ3) is 9.34. The Kier molecular flexibility index (Phi) is 11.3. The van der Waals surface area contributed by atoms with Crippen LogP contribution in [-0.4, -0.2) is 108 Å². The molecule has 0 unspecified atom stereocenters. The van der Waals surface area contributed by atoms with Gasteiger partial charge in [0, 0.05) is 45.5 Å². The number of hydrogen-bond donors (Lipinski definition) is 3. The molecule has 4 aliphatic rings. The van der Waals surface area contributed by atoms with Crippen molar-refractivity contribution in [3.05, 3.63) is 35.1 Å². The summed E-state index contributed by atoms with van der Waals surface area (Å²) in [6.45, 7) is 4.31. The number of rotatable bonds is 5. The Labute approximate surface area is 306 Å². The molecule has 0 bridgehead atoms. The zero-order valence-electron chi connectivity index (χ0n) is 30.4. The lowest BCUT2D eigenvalue weighted by molar-refractivity contribution is -0.141. The molecule has 1 aliphatic carbocycles. The minimum absolute atomic E-state index is 0.0118. The van der Waals surface area contributed by atoms with Gasteiger partial charge >= 0.3 is 22.4 Å². The number of alkyl halides is 2. The van der Waals surface area contributed by atoms with E-state index in [-0.39, 0.29) is 45.2 Å². The van der Waals surface area contributed by atoms with Crippen molar-refractivity contribution in [1.29, 1.82) is 0 Å². The molecule has 0 radical (unpaired) electrons. The number of nitrogens with one attached hydrogen (secondary N) is 3. The van der Waals surface area contributed by atoms with E-state index >= 15 is 8.78 Å². The zero-order valence-corrected chi connectivity index (χ0v) is 31.2. The Hall–Kier alpha value is -4.13. The average molecular weight is 773 g/mol. The number of amides is 5. The third-order valence-electron chi connectivity index (χ3n) is 9.99. The molecule has 15 nitrogen and oxygen atoms in total. The van der Waals surface area contributed by atoms with Crippen molar-refractivity contribution in [2.75, 3.05) is 20.6 Å². The van der Waals surface area contributed by atoms with Crippen LogP contribution in [0.15, 0.2) is 18.2 Å². The molecular formula is C34H47F3N6O9S. The van der Waals surface area contributed by atoms with Gasteiger partial charge in [-0.25, -0.2) is 27.5 Å².